The van der Waals surface area contributed by atoms with Crippen LogP contribution in [0.3, 0.4) is 0 Å². The van der Waals surface area contributed by atoms with E-state index in [2.05, 4.69) is 4.98 Å². The Bertz CT molecular complexity index is 626. The van der Waals surface area contributed by atoms with E-state index in [1.54, 1.807) is 38.2 Å². The van der Waals surface area contributed by atoms with Crippen molar-refractivity contribution in [3.05, 3.63) is 47.8 Å². The van der Waals surface area contributed by atoms with E-state index in [0.29, 0.717) is 22.6 Å². The number of anilines is 2. The topological polar surface area (TPSA) is 79.5 Å². The molecule has 5 nitrogen and oxygen atoms in total. The second-order valence-corrected chi connectivity index (χ2v) is 4.29. The maximum Gasteiger partial charge on any atom is 0.259 e. The zero-order valence-corrected chi connectivity index (χ0v) is 10.8. The number of hydrogen-bond donors (Lipinski definition) is 2. The third-order valence-electron chi connectivity index (χ3n) is 2.86. The van der Waals surface area contributed by atoms with Crippen molar-refractivity contribution in [3.8, 4) is 5.75 Å². The van der Waals surface area contributed by atoms with Gasteiger partial charge >= 0.3 is 0 Å². The van der Waals surface area contributed by atoms with E-state index in [0.717, 1.165) is 0 Å². The summed E-state index contributed by atoms with van der Waals surface area (Å²) in [6.45, 7) is 1.75. The number of pyridine rings is 1. The SMILES string of the molecule is Cc1ncc(N)cc1C(=O)N(C)c1cccc(O)c1. The predicted molar refractivity (Wildman–Crippen MR) is 74.2 cm³/mol. The van der Waals surface area contributed by atoms with Gasteiger partial charge in [-0.1, -0.05) is 6.07 Å². The van der Waals surface area contributed by atoms with Crippen LogP contribution in [-0.2, 0) is 0 Å². The summed E-state index contributed by atoms with van der Waals surface area (Å²) in [7, 11) is 1.64. The lowest BCUT2D eigenvalue weighted by Gasteiger charge is -2.18. The average Bonchev–Trinajstić information content (AvgIpc) is 2.40. The lowest BCUT2D eigenvalue weighted by atomic mass is 10.1. The summed E-state index contributed by atoms with van der Waals surface area (Å²) in [4.78, 5) is 17.9. The smallest absolute Gasteiger partial charge is 0.259 e. The molecule has 2 rings (SSSR count). The van der Waals surface area contributed by atoms with Crippen LogP contribution in [0.4, 0.5) is 11.4 Å². The molecule has 0 aliphatic carbocycles. The van der Waals surface area contributed by atoms with Gasteiger partial charge < -0.3 is 15.7 Å². The molecule has 0 fully saturated rings. The molecule has 1 amide bonds. The van der Waals surface area contributed by atoms with Gasteiger partial charge in [-0.3, -0.25) is 9.78 Å². The van der Waals surface area contributed by atoms with Crippen LogP contribution in [0.5, 0.6) is 5.75 Å². The quantitative estimate of drug-likeness (QED) is 0.861. The first-order valence-corrected chi connectivity index (χ1v) is 5.78. The molecule has 0 saturated heterocycles. The number of rotatable bonds is 2. The van der Waals surface area contributed by atoms with Crippen molar-refractivity contribution in [2.45, 2.75) is 6.92 Å². The molecule has 0 spiro atoms. The van der Waals surface area contributed by atoms with Gasteiger partial charge in [-0.2, -0.15) is 0 Å². The summed E-state index contributed by atoms with van der Waals surface area (Å²) in [5.41, 5.74) is 7.77. The number of hydrogen-bond acceptors (Lipinski definition) is 4. The Morgan fingerprint density at radius 1 is 1.37 bits per heavy atom. The Labute approximate surface area is 111 Å². The number of amides is 1. The molecule has 98 valence electrons. The van der Waals surface area contributed by atoms with Crippen LogP contribution in [0.25, 0.3) is 0 Å². The third kappa shape index (κ3) is 2.65. The van der Waals surface area contributed by atoms with Gasteiger partial charge in [0.1, 0.15) is 5.75 Å². The van der Waals surface area contributed by atoms with Crippen molar-refractivity contribution in [2.75, 3.05) is 17.7 Å². The van der Waals surface area contributed by atoms with Gasteiger partial charge in [-0.05, 0) is 25.1 Å². The van der Waals surface area contributed by atoms with Crippen molar-refractivity contribution in [3.63, 3.8) is 0 Å². The predicted octanol–water partition coefficient (Wildman–Crippen LogP) is 1.95. The number of carbonyl (C=O) groups is 1. The molecule has 0 bridgehead atoms. The minimum absolute atomic E-state index is 0.111. The number of phenols is 1. The maximum atomic E-state index is 12.4. The van der Waals surface area contributed by atoms with Gasteiger partial charge in [0.05, 0.1) is 23.1 Å². The van der Waals surface area contributed by atoms with E-state index in [-0.39, 0.29) is 11.7 Å². The molecule has 5 heteroatoms. The summed E-state index contributed by atoms with van der Waals surface area (Å²) in [6.07, 6.45) is 1.51. The average molecular weight is 257 g/mol. The van der Waals surface area contributed by atoms with Gasteiger partial charge in [0.25, 0.3) is 5.91 Å². The van der Waals surface area contributed by atoms with Crippen LogP contribution in [-0.4, -0.2) is 23.0 Å². The standard InChI is InChI=1S/C14H15N3O2/c1-9-13(6-10(15)8-16-9)14(19)17(2)11-4-3-5-12(18)7-11/h3-8,18H,15H2,1-2H3. The minimum Gasteiger partial charge on any atom is -0.508 e. The van der Waals surface area contributed by atoms with Crippen molar-refractivity contribution < 1.29 is 9.90 Å². The number of phenolic OH excluding ortho intramolecular Hbond substituents is 1. The van der Waals surface area contributed by atoms with Crippen LogP contribution in [0, 0.1) is 6.92 Å². The first kappa shape index (κ1) is 12.9. The number of nitrogen functional groups attached to an aromatic ring is 1. The van der Waals surface area contributed by atoms with Crippen LogP contribution < -0.4 is 10.6 Å². The second kappa shape index (κ2) is 4.97. The molecule has 0 saturated carbocycles. The molecule has 0 atom stereocenters. The lowest BCUT2D eigenvalue weighted by molar-refractivity contribution is 0.0992. The zero-order chi connectivity index (χ0) is 14.0. The molecule has 0 radical (unpaired) electrons. The zero-order valence-electron chi connectivity index (χ0n) is 10.8. The number of aromatic hydroxyl groups is 1. The molecular weight excluding hydrogens is 242 g/mol. The van der Waals surface area contributed by atoms with E-state index < -0.39 is 0 Å². The van der Waals surface area contributed by atoms with Gasteiger partial charge in [0.2, 0.25) is 0 Å². The highest BCUT2D eigenvalue weighted by Crippen LogP contribution is 2.21. The monoisotopic (exact) mass is 257 g/mol. The third-order valence-corrected chi connectivity index (χ3v) is 2.86. The number of aryl methyl sites for hydroxylation is 1. The largest absolute Gasteiger partial charge is 0.508 e. The van der Waals surface area contributed by atoms with Crippen LogP contribution in [0.15, 0.2) is 36.5 Å². The first-order valence-electron chi connectivity index (χ1n) is 5.78. The fourth-order valence-electron chi connectivity index (χ4n) is 1.77. The van der Waals surface area contributed by atoms with E-state index in [9.17, 15) is 9.90 Å². The number of nitrogens with zero attached hydrogens (tertiary/aromatic N) is 2. The van der Waals surface area contributed by atoms with Crippen molar-refractivity contribution >= 4 is 17.3 Å². The summed E-state index contributed by atoms with van der Waals surface area (Å²) >= 11 is 0. The number of carbonyl (C=O) groups excluding carboxylic acids is 1. The normalized spacial score (nSPS) is 10.2. The summed E-state index contributed by atoms with van der Waals surface area (Å²) < 4.78 is 0. The van der Waals surface area contributed by atoms with Crippen LogP contribution >= 0.6 is 0 Å². The van der Waals surface area contributed by atoms with E-state index in [1.807, 2.05) is 0 Å². The molecule has 1 aromatic carbocycles. The van der Waals surface area contributed by atoms with Crippen LogP contribution in [0.1, 0.15) is 16.1 Å². The highest BCUT2D eigenvalue weighted by molar-refractivity contribution is 6.06. The molecule has 1 aromatic heterocycles. The highest BCUT2D eigenvalue weighted by atomic mass is 16.3. The Hall–Kier alpha value is -2.56. The molecule has 3 N–H and O–H groups in total. The number of nitrogens with two attached hydrogens (primary N) is 1. The first-order chi connectivity index (χ1) is 8.99. The summed E-state index contributed by atoms with van der Waals surface area (Å²) in [5.74, 6) is -0.109. The summed E-state index contributed by atoms with van der Waals surface area (Å²) in [5, 5.41) is 9.44. The Morgan fingerprint density at radius 3 is 2.79 bits per heavy atom. The fourth-order valence-corrected chi connectivity index (χ4v) is 1.77. The molecule has 0 unspecified atom stereocenters. The highest BCUT2D eigenvalue weighted by Gasteiger charge is 2.17. The number of benzene rings is 1. The molecule has 2 aromatic rings. The molecule has 1 heterocycles. The molecular formula is C14H15N3O2. The Balaban J connectivity index is 2.36. The van der Waals surface area contributed by atoms with Gasteiger partial charge in [-0.15, -0.1) is 0 Å². The van der Waals surface area contributed by atoms with Crippen molar-refractivity contribution in [2.24, 2.45) is 0 Å². The number of aromatic nitrogens is 1. The summed E-state index contributed by atoms with van der Waals surface area (Å²) in [6, 6.07) is 8.09. The Morgan fingerprint density at radius 2 is 2.11 bits per heavy atom. The van der Waals surface area contributed by atoms with Gasteiger partial charge in [-0.25, -0.2) is 0 Å². The fraction of sp³-hybridized carbons (Fsp3) is 0.143. The van der Waals surface area contributed by atoms with E-state index >= 15 is 0 Å². The van der Waals surface area contributed by atoms with Gasteiger partial charge in [0, 0.05) is 18.8 Å². The van der Waals surface area contributed by atoms with Crippen LogP contribution in [0.2, 0.25) is 0 Å². The van der Waals surface area contributed by atoms with E-state index in [1.165, 1.54) is 17.2 Å². The lowest BCUT2D eigenvalue weighted by Crippen LogP contribution is -2.27. The molecule has 19 heavy (non-hydrogen) atoms. The minimum atomic E-state index is -0.220. The van der Waals surface area contributed by atoms with Crippen molar-refractivity contribution in [1.82, 2.24) is 4.98 Å². The maximum absolute atomic E-state index is 12.4. The molecule has 0 aliphatic rings. The second-order valence-electron chi connectivity index (χ2n) is 4.29. The van der Waals surface area contributed by atoms with Gasteiger partial charge in [0.15, 0.2) is 0 Å². The molecule has 0 aliphatic heterocycles. The van der Waals surface area contributed by atoms with E-state index in [4.69, 9.17) is 5.73 Å². The Kier molecular flexibility index (Phi) is 3.37. The van der Waals surface area contributed by atoms with Crippen molar-refractivity contribution in [1.29, 1.82) is 0 Å².